The summed E-state index contributed by atoms with van der Waals surface area (Å²) in [4.78, 5) is 3.78. The molecule has 0 saturated carbocycles. The molecule has 0 aliphatic heterocycles. The number of rotatable bonds is 1. The summed E-state index contributed by atoms with van der Waals surface area (Å²) in [6.45, 7) is 4.07. The third-order valence-corrected chi connectivity index (χ3v) is 1.45. The van der Waals surface area contributed by atoms with Gasteiger partial charge in [-0.2, -0.15) is 0 Å². The predicted octanol–water partition coefficient (Wildman–Crippen LogP) is 1.91. The molecule has 1 radical (unpaired) electrons. The summed E-state index contributed by atoms with van der Waals surface area (Å²) >= 11 is 0. The Balaban J connectivity index is 0.000001000. The van der Waals surface area contributed by atoms with E-state index in [1.165, 1.54) is 6.20 Å². The van der Waals surface area contributed by atoms with Crippen molar-refractivity contribution in [3.63, 3.8) is 0 Å². The Kier molecular flexibility index (Phi) is 4.32. The van der Waals surface area contributed by atoms with Crippen LogP contribution in [0, 0.1) is 0 Å². The molecule has 1 heterocycles. The quantitative estimate of drug-likeness (QED) is 0.856. The maximum Gasteiger partial charge on any atom is 0.137 e. The Morgan fingerprint density at radius 2 is 2.09 bits per heavy atom. The van der Waals surface area contributed by atoms with Gasteiger partial charge in [-0.05, 0) is 17.5 Å². The summed E-state index contributed by atoms with van der Waals surface area (Å²) in [6.07, 6.45) is 3.16. The molecule has 1 aromatic heterocycles. The molecule has 1 rings (SSSR count). The van der Waals surface area contributed by atoms with Crippen molar-refractivity contribution < 1.29 is 25.5 Å². The fraction of sp³-hybridized carbons (Fsp3) is 0.375. The van der Waals surface area contributed by atoms with E-state index < -0.39 is 0 Å². The first-order valence-corrected chi connectivity index (χ1v) is 3.34. The average molecular weight is 323 g/mol. The molecule has 0 atom stereocenters. The second-order valence-electron chi connectivity index (χ2n) is 2.59. The van der Waals surface area contributed by atoms with Crippen molar-refractivity contribution in [3.05, 3.63) is 24.0 Å². The van der Waals surface area contributed by atoms with Crippen molar-refractivity contribution in [3.8, 4) is 5.75 Å². The minimum atomic E-state index is 0. The minimum absolute atomic E-state index is 0. The van der Waals surface area contributed by atoms with Crippen LogP contribution >= 0.6 is 0 Å². The Labute approximate surface area is 80.3 Å². The molecular formula is C8H11NORe. The van der Waals surface area contributed by atoms with Crippen molar-refractivity contribution in [2.45, 2.75) is 19.8 Å². The maximum atomic E-state index is 9.22. The molecule has 0 aliphatic rings. The minimum Gasteiger partial charge on any atom is -0.506 e. The van der Waals surface area contributed by atoms with Gasteiger partial charge in [-0.25, -0.2) is 0 Å². The van der Waals surface area contributed by atoms with Crippen molar-refractivity contribution >= 4 is 0 Å². The van der Waals surface area contributed by atoms with Gasteiger partial charge in [-0.1, -0.05) is 13.8 Å². The van der Waals surface area contributed by atoms with Crippen LogP contribution in [-0.4, -0.2) is 10.1 Å². The van der Waals surface area contributed by atoms with E-state index >= 15 is 0 Å². The SMILES string of the molecule is CC(C)c1ccncc1O.[Re]. The summed E-state index contributed by atoms with van der Waals surface area (Å²) in [7, 11) is 0. The smallest absolute Gasteiger partial charge is 0.137 e. The summed E-state index contributed by atoms with van der Waals surface area (Å²) in [5, 5.41) is 9.22. The monoisotopic (exact) mass is 324 g/mol. The van der Waals surface area contributed by atoms with Gasteiger partial charge in [0, 0.05) is 26.6 Å². The summed E-state index contributed by atoms with van der Waals surface area (Å²) in [5.74, 6) is 0.653. The topological polar surface area (TPSA) is 33.1 Å². The Bertz CT molecular complexity index is 225. The van der Waals surface area contributed by atoms with Crippen molar-refractivity contribution in [1.82, 2.24) is 4.98 Å². The van der Waals surface area contributed by atoms with Gasteiger partial charge in [0.15, 0.2) is 0 Å². The second kappa shape index (κ2) is 4.48. The van der Waals surface area contributed by atoms with E-state index in [0.717, 1.165) is 5.56 Å². The largest absolute Gasteiger partial charge is 0.506 e. The zero-order chi connectivity index (χ0) is 7.56. The van der Waals surface area contributed by atoms with Crippen LogP contribution in [-0.2, 0) is 20.4 Å². The van der Waals surface area contributed by atoms with Gasteiger partial charge in [0.25, 0.3) is 0 Å². The van der Waals surface area contributed by atoms with E-state index in [9.17, 15) is 5.11 Å². The van der Waals surface area contributed by atoms with Crippen LogP contribution in [0.5, 0.6) is 5.75 Å². The summed E-state index contributed by atoms with van der Waals surface area (Å²) < 4.78 is 0. The fourth-order valence-electron chi connectivity index (χ4n) is 0.885. The number of hydrogen-bond acceptors (Lipinski definition) is 2. The van der Waals surface area contributed by atoms with Crippen LogP contribution in [0.4, 0.5) is 0 Å². The van der Waals surface area contributed by atoms with Gasteiger partial charge in [-0.15, -0.1) is 0 Å². The molecular weight excluding hydrogens is 312 g/mol. The van der Waals surface area contributed by atoms with Crippen molar-refractivity contribution in [1.29, 1.82) is 0 Å². The molecule has 0 amide bonds. The number of aromatic hydroxyl groups is 1. The molecule has 11 heavy (non-hydrogen) atoms. The molecule has 0 aliphatic carbocycles. The molecule has 0 bridgehead atoms. The van der Waals surface area contributed by atoms with Gasteiger partial charge in [0.2, 0.25) is 0 Å². The van der Waals surface area contributed by atoms with E-state index in [1.54, 1.807) is 6.20 Å². The van der Waals surface area contributed by atoms with Crippen LogP contribution < -0.4 is 0 Å². The van der Waals surface area contributed by atoms with Crippen LogP contribution in [0.3, 0.4) is 0 Å². The molecule has 1 N–H and O–H groups in total. The maximum absolute atomic E-state index is 9.22. The van der Waals surface area contributed by atoms with E-state index in [-0.39, 0.29) is 26.2 Å². The molecule has 0 aromatic carbocycles. The molecule has 61 valence electrons. The van der Waals surface area contributed by atoms with Gasteiger partial charge < -0.3 is 5.11 Å². The molecule has 0 saturated heterocycles. The standard InChI is InChI=1S/C8H11NO.Re/c1-6(2)7-3-4-9-5-8(7)10;/h3-6,10H,1-2H3;. The third-order valence-electron chi connectivity index (χ3n) is 1.45. The summed E-state index contributed by atoms with van der Waals surface area (Å²) in [6, 6.07) is 1.83. The molecule has 0 spiro atoms. The molecule has 3 heteroatoms. The van der Waals surface area contributed by atoms with Gasteiger partial charge in [0.1, 0.15) is 5.75 Å². The number of pyridine rings is 1. The Morgan fingerprint density at radius 3 is 2.45 bits per heavy atom. The van der Waals surface area contributed by atoms with E-state index in [2.05, 4.69) is 4.98 Å². The molecule has 1 aromatic rings. The summed E-state index contributed by atoms with van der Waals surface area (Å²) in [5.41, 5.74) is 0.954. The zero-order valence-corrected chi connectivity index (χ0v) is 9.30. The number of hydrogen-bond donors (Lipinski definition) is 1. The number of aromatic nitrogens is 1. The van der Waals surface area contributed by atoms with Crippen molar-refractivity contribution in [2.75, 3.05) is 0 Å². The van der Waals surface area contributed by atoms with Gasteiger partial charge in [-0.3, -0.25) is 4.98 Å². The predicted molar refractivity (Wildman–Crippen MR) is 40.0 cm³/mol. The first-order chi connectivity index (χ1) is 4.72. The zero-order valence-electron chi connectivity index (χ0n) is 6.58. The number of nitrogens with zero attached hydrogens (tertiary/aromatic N) is 1. The van der Waals surface area contributed by atoms with Gasteiger partial charge >= 0.3 is 0 Å². The molecule has 0 fully saturated rings. The fourth-order valence-corrected chi connectivity index (χ4v) is 0.885. The normalized spacial score (nSPS) is 9.36. The Morgan fingerprint density at radius 1 is 1.45 bits per heavy atom. The molecule has 2 nitrogen and oxygen atoms in total. The van der Waals surface area contributed by atoms with E-state index in [4.69, 9.17) is 0 Å². The molecule has 0 unspecified atom stereocenters. The Hall–Kier alpha value is -0.388. The van der Waals surface area contributed by atoms with Crippen LogP contribution in [0.1, 0.15) is 25.3 Å². The van der Waals surface area contributed by atoms with E-state index in [0.29, 0.717) is 5.92 Å². The van der Waals surface area contributed by atoms with Crippen LogP contribution in [0.15, 0.2) is 18.5 Å². The van der Waals surface area contributed by atoms with E-state index in [1.807, 2.05) is 19.9 Å². The first kappa shape index (κ1) is 10.6. The second-order valence-corrected chi connectivity index (χ2v) is 2.59. The average Bonchev–Trinajstić information content (AvgIpc) is 1.88. The first-order valence-electron chi connectivity index (χ1n) is 3.34. The van der Waals surface area contributed by atoms with Crippen molar-refractivity contribution in [2.24, 2.45) is 0 Å². The van der Waals surface area contributed by atoms with Crippen LogP contribution in [0.2, 0.25) is 0 Å². The van der Waals surface area contributed by atoms with Gasteiger partial charge in [0.05, 0.1) is 6.20 Å². The third kappa shape index (κ3) is 2.61. The van der Waals surface area contributed by atoms with Crippen LogP contribution in [0.25, 0.3) is 0 Å².